The van der Waals surface area contributed by atoms with Gasteiger partial charge >= 0.3 is 0 Å². The van der Waals surface area contributed by atoms with Crippen molar-refractivity contribution in [3.63, 3.8) is 0 Å². The van der Waals surface area contributed by atoms with Crippen LogP contribution in [-0.4, -0.2) is 11.9 Å². The molecule has 90 valence electrons. The van der Waals surface area contributed by atoms with Gasteiger partial charge in [0.25, 0.3) is 0 Å². The van der Waals surface area contributed by atoms with E-state index in [0.717, 1.165) is 24.3 Å². The molecule has 3 rings (SSSR count). The summed E-state index contributed by atoms with van der Waals surface area (Å²) >= 11 is 6.05. The third-order valence-electron chi connectivity index (χ3n) is 4.36. The molecule has 0 spiro atoms. The first-order chi connectivity index (χ1) is 8.09. The van der Waals surface area contributed by atoms with E-state index in [2.05, 4.69) is 24.4 Å². The Kier molecular flexibility index (Phi) is 2.44. The zero-order valence-electron chi connectivity index (χ0n) is 9.92. The summed E-state index contributed by atoms with van der Waals surface area (Å²) in [6.45, 7) is 2.27. The van der Waals surface area contributed by atoms with E-state index >= 15 is 0 Å². The third-order valence-corrected chi connectivity index (χ3v) is 4.60. The molecule has 0 saturated carbocycles. The molecule has 0 radical (unpaired) electrons. The van der Waals surface area contributed by atoms with Crippen molar-refractivity contribution >= 4 is 17.5 Å². The normalized spacial score (nSPS) is 31.4. The molecular formula is C14H16ClNO. The lowest BCUT2D eigenvalue weighted by atomic mass is 9.64. The minimum absolute atomic E-state index is 0.0894. The topological polar surface area (TPSA) is 29.1 Å². The molecule has 1 aromatic rings. The van der Waals surface area contributed by atoms with Crippen LogP contribution in [0.25, 0.3) is 0 Å². The Morgan fingerprint density at radius 2 is 2.24 bits per heavy atom. The fraction of sp³-hybridized carbons (Fsp3) is 0.500. The molecule has 1 aliphatic carbocycles. The van der Waals surface area contributed by atoms with Crippen molar-refractivity contribution in [2.45, 2.75) is 44.1 Å². The second kappa shape index (κ2) is 3.74. The Morgan fingerprint density at radius 3 is 3.06 bits per heavy atom. The lowest BCUT2D eigenvalue weighted by Gasteiger charge is -2.46. The summed E-state index contributed by atoms with van der Waals surface area (Å²) in [7, 11) is 0. The molecule has 1 amide bonds. The van der Waals surface area contributed by atoms with Crippen LogP contribution in [0.15, 0.2) is 18.2 Å². The molecule has 1 aromatic carbocycles. The fourth-order valence-corrected chi connectivity index (χ4v) is 3.51. The molecule has 2 aliphatic rings. The molecule has 2 atom stereocenters. The van der Waals surface area contributed by atoms with Crippen LogP contribution < -0.4 is 5.32 Å². The van der Waals surface area contributed by atoms with Crippen LogP contribution in [-0.2, 0) is 16.6 Å². The van der Waals surface area contributed by atoms with E-state index in [1.54, 1.807) is 0 Å². The van der Waals surface area contributed by atoms with Crippen LogP contribution in [0.4, 0.5) is 0 Å². The van der Waals surface area contributed by atoms with Crippen LogP contribution >= 0.6 is 11.6 Å². The predicted molar refractivity (Wildman–Crippen MR) is 68.3 cm³/mol. The van der Waals surface area contributed by atoms with Crippen LogP contribution in [0.1, 0.15) is 37.3 Å². The summed E-state index contributed by atoms with van der Waals surface area (Å²) in [4.78, 5) is 11.5. The first-order valence-corrected chi connectivity index (χ1v) is 6.56. The van der Waals surface area contributed by atoms with Gasteiger partial charge in [-0.25, -0.2) is 0 Å². The Labute approximate surface area is 106 Å². The number of rotatable bonds is 0. The predicted octanol–water partition coefficient (Wildman–Crippen LogP) is 2.82. The standard InChI is InChI=1S/C14H16ClNO/c1-14-7-6-13(17)16-12(14)5-2-9-8-10(15)3-4-11(9)14/h3-4,8,12H,2,5-7H2,1H3,(H,16,17)/t12-,14-/m0/s1. The molecule has 0 bridgehead atoms. The molecular weight excluding hydrogens is 234 g/mol. The molecule has 2 nitrogen and oxygen atoms in total. The Bertz CT molecular complexity index is 485. The molecule has 1 heterocycles. The van der Waals surface area contributed by atoms with Gasteiger partial charge < -0.3 is 5.32 Å². The molecule has 1 saturated heterocycles. The van der Waals surface area contributed by atoms with E-state index in [1.165, 1.54) is 11.1 Å². The summed E-state index contributed by atoms with van der Waals surface area (Å²) in [5.74, 6) is 0.199. The molecule has 3 heteroatoms. The van der Waals surface area contributed by atoms with Crippen LogP contribution in [0, 0.1) is 0 Å². The molecule has 1 fully saturated rings. The van der Waals surface area contributed by atoms with Gasteiger partial charge in [0, 0.05) is 22.9 Å². The number of halogens is 1. The van der Waals surface area contributed by atoms with Crippen molar-refractivity contribution in [2.24, 2.45) is 0 Å². The molecule has 0 unspecified atom stereocenters. The quantitative estimate of drug-likeness (QED) is 0.753. The summed E-state index contributed by atoms with van der Waals surface area (Å²) in [6, 6.07) is 6.47. The molecule has 0 aromatic heterocycles. The number of amides is 1. The lowest BCUT2D eigenvalue weighted by molar-refractivity contribution is -0.125. The van der Waals surface area contributed by atoms with Crippen LogP contribution in [0.5, 0.6) is 0 Å². The van der Waals surface area contributed by atoms with Crippen molar-refractivity contribution < 1.29 is 4.79 Å². The van der Waals surface area contributed by atoms with E-state index in [-0.39, 0.29) is 17.4 Å². The van der Waals surface area contributed by atoms with Crippen molar-refractivity contribution in [1.82, 2.24) is 5.32 Å². The number of aryl methyl sites for hydroxylation is 1. The maximum Gasteiger partial charge on any atom is 0.220 e. The van der Waals surface area contributed by atoms with Gasteiger partial charge in [-0.05, 0) is 42.5 Å². The van der Waals surface area contributed by atoms with Gasteiger partial charge in [-0.2, -0.15) is 0 Å². The third kappa shape index (κ3) is 1.66. The number of fused-ring (bicyclic) bond motifs is 3. The van der Waals surface area contributed by atoms with E-state index < -0.39 is 0 Å². The number of carbonyl (C=O) groups excluding carboxylic acids is 1. The van der Waals surface area contributed by atoms with Crippen molar-refractivity contribution in [1.29, 1.82) is 0 Å². The zero-order valence-corrected chi connectivity index (χ0v) is 10.7. The second-order valence-corrected chi connectivity index (χ2v) is 5.81. The van der Waals surface area contributed by atoms with Gasteiger partial charge in [0.15, 0.2) is 0 Å². The van der Waals surface area contributed by atoms with E-state index in [1.807, 2.05) is 6.07 Å². The van der Waals surface area contributed by atoms with E-state index in [4.69, 9.17) is 11.6 Å². The zero-order chi connectivity index (χ0) is 12.0. The van der Waals surface area contributed by atoms with Gasteiger partial charge in [-0.15, -0.1) is 0 Å². The van der Waals surface area contributed by atoms with E-state index in [0.29, 0.717) is 6.42 Å². The first kappa shape index (κ1) is 11.1. The Balaban J connectivity index is 2.07. The number of piperidine rings is 1. The molecule has 1 aliphatic heterocycles. The number of carbonyl (C=O) groups is 1. The number of hydrogen-bond donors (Lipinski definition) is 1. The molecule has 1 N–H and O–H groups in total. The lowest BCUT2D eigenvalue weighted by Crippen LogP contribution is -2.55. The minimum Gasteiger partial charge on any atom is -0.352 e. The largest absolute Gasteiger partial charge is 0.352 e. The van der Waals surface area contributed by atoms with Gasteiger partial charge in [0.2, 0.25) is 5.91 Å². The average Bonchev–Trinajstić information content (AvgIpc) is 2.30. The molecule has 17 heavy (non-hydrogen) atoms. The highest BCUT2D eigenvalue weighted by Gasteiger charge is 2.43. The van der Waals surface area contributed by atoms with Crippen molar-refractivity contribution in [2.75, 3.05) is 0 Å². The fourth-order valence-electron chi connectivity index (χ4n) is 3.31. The van der Waals surface area contributed by atoms with E-state index in [9.17, 15) is 4.79 Å². The Hall–Kier alpha value is -1.02. The van der Waals surface area contributed by atoms with Crippen LogP contribution in [0.2, 0.25) is 5.02 Å². The second-order valence-electron chi connectivity index (χ2n) is 5.38. The highest BCUT2D eigenvalue weighted by atomic mass is 35.5. The maximum absolute atomic E-state index is 11.5. The summed E-state index contributed by atoms with van der Waals surface area (Å²) in [5, 5.41) is 3.95. The van der Waals surface area contributed by atoms with Gasteiger partial charge in [-0.1, -0.05) is 24.6 Å². The van der Waals surface area contributed by atoms with Gasteiger partial charge in [-0.3, -0.25) is 4.79 Å². The highest BCUT2D eigenvalue weighted by Crippen LogP contribution is 2.43. The number of nitrogens with one attached hydrogen (secondary N) is 1. The first-order valence-electron chi connectivity index (χ1n) is 6.18. The van der Waals surface area contributed by atoms with Crippen molar-refractivity contribution in [3.05, 3.63) is 34.3 Å². The highest BCUT2D eigenvalue weighted by molar-refractivity contribution is 6.30. The Morgan fingerprint density at radius 1 is 1.41 bits per heavy atom. The summed E-state index contributed by atoms with van der Waals surface area (Å²) in [6.07, 6.45) is 3.61. The number of benzene rings is 1. The van der Waals surface area contributed by atoms with Crippen molar-refractivity contribution in [3.8, 4) is 0 Å². The summed E-state index contributed by atoms with van der Waals surface area (Å²) < 4.78 is 0. The summed E-state index contributed by atoms with van der Waals surface area (Å²) in [5.41, 5.74) is 2.82. The average molecular weight is 250 g/mol. The smallest absolute Gasteiger partial charge is 0.220 e. The minimum atomic E-state index is 0.0894. The maximum atomic E-state index is 11.5. The number of hydrogen-bond acceptors (Lipinski definition) is 1. The van der Waals surface area contributed by atoms with Gasteiger partial charge in [0.05, 0.1) is 0 Å². The SMILES string of the molecule is C[C@@]12CCC(=O)N[C@H]1CCc1cc(Cl)ccc12. The van der Waals surface area contributed by atoms with Gasteiger partial charge in [0.1, 0.15) is 0 Å². The van der Waals surface area contributed by atoms with Crippen LogP contribution in [0.3, 0.4) is 0 Å². The monoisotopic (exact) mass is 249 g/mol.